The molecule has 1 heterocycles. The summed E-state index contributed by atoms with van der Waals surface area (Å²) in [4.78, 5) is 13.8. The maximum atomic E-state index is 12.5. The molecular weight excluding hydrogens is 368 g/mol. The molecule has 0 amide bonds. The molecule has 120 valence electrons. The molecule has 24 heavy (non-hydrogen) atoms. The van der Waals surface area contributed by atoms with E-state index >= 15 is 0 Å². The monoisotopic (exact) mass is 382 g/mol. The topological polar surface area (TPSA) is 60.7 Å². The smallest absolute Gasteiger partial charge is 0.204 e. The van der Waals surface area contributed by atoms with Crippen LogP contribution in [-0.2, 0) is 19.4 Å². The number of hydrogen-bond donors (Lipinski definition) is 0. The fraction of sp³-hybridized carbons (Fsp3) is 0.222. The number of carbonyl (C=O) groups is 1. The van der Waals surface area contributed by atoms with Gasteiger partial charge in [0, 0.05) is 15.6 Å². The lowest BCUT2D eigenvalue weighted by molar-refractivity contribution is 0.0961. The third-order valence-corrected chi connectivity index (χ3v) is 4.79. The molecular formula is C18H15BrN4O. The molecule has 2 aromatic carbocycles. The molecule has 6 heteroatoms. The third-order valence-electron chi connectivity index (χ3n) is 4.26. The molecule has 1 aliphatic carbocycles. The van der Waals surface area contributed by atoms with Crippen LogP contribution < -0.4 is 0 Å². The molecule has 1 aromatic heterocycles. The summed E-state index contributed by atoms with van der Waals surface area (Å²) in [6, 6.07) is 13.6. The van der Waals surface area contributed by atoms with Gasteiger partial charge in [0.05, 0.1) is 0 Å². The van der Waals surface area contributed by atoms with Gasteiger partial charge >= 0.3 is 0 Å². The zero-order valence-corrected chi connectivity index (χ0v) is 14.5. The quantitative estimate of drug-likeness (QED) is 0.648. The van der Waals surface area contributed by atoms with Gasteiger partial charge < -0.3 is 0 Å². The van der Waals surface area contributed by atoms with Crippen LogP contribution in [0.4, 0.5) is 0 Å². The molecule has 0 aliphatic heterocycles. The van der Waals surface area contributed by atoms with E-state index in [9.17, 15) is 4.79 Å². The Hall–Kier alpha value is -2.34. The molecule has 0 saturated heterocycles. The van der Waals surface area contributed by atoms with Gasteiger partial charge in [0.25, 0.3) is 0 Å². The molecule has 0 saturated carbocycles. The minimum atomic E-state index is 0.00413. The van der Waals surface area contributed by atoms with Gasteiger partial charge in [0.2, 0.25) is 5.82 Å². The van der Waals surface area contributed by atoms with Crippen molar-refractivity contribution in [3.8, 4) is 11.4 Å². The van der Waals surface area contributed by atoms with Crippen molar-refractivity contribution in [3.63, 3.8) is 0 Å². The van der Waals surface area contributed by atoms with Crippen LogP contribution in [0, 0.1) is 0 Å². The van der Waals surface area contributed by atoms with Gasteiger partial charge in [-0.25, -0.2) is 0 Å². The number of hydrogen-bond acceptors (Lipinski definition) is 4. The summed E-state index contributed by atoms with van der Waals surface area (Å²) >= 11 is 3.40. The minimum Gasteiger partial charge on any atom is -0.292 e. The number of halogens is 1. The van der Waals surface area contributed by atoms with E-state index in [1.165, 1.54) is 22.3 Å². The Kier molecular flexibility index (Phi) is 3.98. The number of fused-ring (bicyclic) bond motifs is 1. The van der Waals surface area contributed by atoms with Crippen molar-refractivity contribution in [2.75, 3.05) is 0 Å². The Morgan fingerprint density at radius 1 is 1.08 bits per heavy atom. The van der Waals surface area contributed by atoms with Gasteiger partial charge in [-0.3, -0.25) is 4.79 Å². The van der Waals surface area contributed by atoms with E-state index in [2.05, 4.69) is 37.4 Å². The first-order valence-corrected chi connectivity index (χ1v) is 8.67. The molecule has 0 radical (unpaired) electrons. The number of aryl methyl sites for hydroxylation is 2. The van der Waals surface area contributed by atoms with E-state index in [0.717, 1.165) is 28.4 Å². The lowest BCUT2D eigenvalue weighted by Gasteiger charge is -2.03. The Morgan fingerprint density at radius 3 is 2.71 bits per heavy atom. The van der Waals surface area contributed by atoms with E-state index in [0.29, 0.717) is 5.82 Å². The molecule has 0 atom stereocenters. The Morgan fingerprint density at radius 2 is 1.88 bits per heavy atom. The number of ketones is 1. The van der Waals surface area contributed by atoms with Gasteiger partial charge in [-0.05, 0) is 65.9 Å². The predicted molar refractivity (Wildman–Crippen MR) is 93.8 cm³/mol. The first-order valence-electron chi connectivity index (χ1n) is 7.88. The maximum Gasteiger partial charge on any atom is 0.204 e. The molecule has 5 nitrogen and oxygen atoms in total. The van der Waals surface area contributed by atoms with Crippen LogP contribution in [0.3, 0.4) is 0 Å². The molecule has 0 fully saturated rings. The van der Waals surface area contributed by atoms with Crippen LogP contribution in [0.5, 0.6) is 0 Å². The van der Waals surface area contributed by atoms with Gasteiger partial charge in [-0.1, -0.05) is 28.1 Å². The molecule has 3 aromatic rings. The number of carbonyl (C=O) groups excluding carboxylic acids is 1. The summed E-state index contributed by atoms with van der Waals surface area (Å²) in [6.07, 6.45) is 3.35. The van der Waals surface area contributed by atoms with Crippen molar-refractivity contribution >= 4 is 21.7 Å². The zero-order chi connectivity index (χ0) is 16.5. The Labute approximate surface area is 147 Å². The predicted octanol–water partition coefficient (Wildman–Crippen LogP) is 3.47. The van der Waals surface area contributed by atoms with Gasteiger partial charge in [-0.15, -0.1) is 10.2 Å². The number of tetrazole rings is 1. The minimum absolute atomic E-state index is 0.00413. The molecule has 0 unspecified atom stereocenters. The molecule has 0 N–H and O–H groups in total. The highest BCUT2D eigenvalue weighted by atomic mass is 79.9. The SMILES string of the molecule is O=C(Cn1nnc(-c2ccc(Br)cc2)n1)c1ccc2c(c1)CCC2. The number of nitrogens with zero attached hydrogens (tertiary/aromatic N) is 4. The highest BCUT2D eigenvalue weighted by molar-refractivity contribution is 9.10. The number of benzene rings is 2. The summed E-state index contributed by atoms with van der Waals surface area (Å²) < 4.78 is 0.991. The Balaban J connectivity index is 1.51. The van der Waals surface area contributed by atoms with Gasteiger partial charge in [-0.2, -0.15) is 4.80 Å². The lowest BCUT2D eigenvalue weighted by atomic mass is 10.0. The third kappa shape index (κ3) is 3.01. The average molecular weight is 383 g/mol. The average Bonchev–Trinajstić information content (AvgIpc) is 3.24. The molecule has 4 rings (SSSR count). The van der Waals surface area contributed by atoms with Crippen molar-refractivity contribution in [1.29, 1.82) is 0 Å². The lowest BCUT2D eigenvalue weighted by Crippen LogP contribution is -2.13. The van der Waals surface area contributed by atoms with E-state index in [1.54, 1.807) is 0 Å². The Bertz CT molecular complexity index is 902. The van der Waals surface area contributed by atoms with E-state index in [4.69, 9.17) is 0 Å². The summed E-state index contributed by atoms with van der Waals surface area (Å²) in [5.41, 5.74) is 4.25. The number of rotatable bonds is 4. The van der Waals surface area contributed by atoms with E-state index < -0.39 is 0 Å². The highest BCUT2D eigenvalue weighted by Crippen LogP contribution is 2.23. The van der Waals surface area contributed by atoms with Crippen LogP contribution >= 0.6 is 15.9 Å². The van der Waals surface area contributed by atoms with Gasteiger partial charge in [0.15, 0.2) is 5.78 Å². The van der Waals surface area contributed by atoms with Crippen LogP contribution in [0.2, 0.25) is 0 Å². The maximum absolute atomic E-state index is 12.5. The second-order valence-corrected chi connectivity index (χ2v) is 6.83. The molecule has 0 spiro atoms. The number of Topliss-reactive ketones (excluding diaryl/α,β-unsaturated/α-hetero) is 1. The van der Waals surface area contributed by atoms with Crippen LogP contribution in [-0.4, -0.2) is 26.0 Å². The fourth-order valence-electron chi connectivity index (χ4n) is 2.99. The second-order valence-electron chi connectivity index (χ2n) is 5.91. The fourth-order valence-corrected chi connectivity index (χ4v) is 3.25. The second kappa shape index (κ2) is 6.28. The summed E-state index contributed by atoms with van der Waals surface area (Å²) in [5.74, 6) is 0.522. The van der Waals surface area contributed by atoms with Crippen molar-refractivity contribution < 1.29 is 4.79 Å². The first-order chi connectivity index (χ1) is 11.7. The van der Waals surface area contributed by atoms with E-state index in [1.807, 2.05) is 36.4 Å². The normalized spacial score (nSPS) is 13.0. The van der Waals surface area contributed by atoms with Crippen LogP contribution in [0.1, 0.15) is 27.9 Å². The van der Waals surface area contributed by atoms with Crippen molar-refractivity contribution in [3.05, 3.63) is 63.6 Å². The first kappa shape index (κ1) is 15.2. The van der Waals surface area contributed by atoms with Gasteiger partial charge in [0.1, 0.15) is 6.54 Å². The highest BCUT2D eigenvalue weighted by Gasteiger charge is 2.15. The van der Waals surface area contributed by atoms with E-state index in [-0.39, 0.29) is 12.3 Å². The molecule has 1 aliphatic rings. The molecule has 0 bridgehead atoms. The zero-order valence-electron chi connectivity index (χ0n) is 12.9. The summed E-state index contributed by atoms with van der Waals surface area (Å²) in [5, 5.41) is 12.3. The van der Waals surface area contributed by atoms with Crippen LogP contribution in [0.25, 0.3) is 11.4 Å². The van der Waals surface area contributed by atoms with Crippen LogP contribution in [0.15, 0.2) is 46.9 Å². The number of aromatic nitrogens is 4. The standard InChI is InChI=1S/C18H15BrN4O/c19-16-8-6-13(7-9-16)18-20-22-23(21-18)11-17(24)15-5-4-12-2-1-3-14(12)10-15/h4-10H,1-3,11H2. The largest absolute Gasteiger partial charge is 0.292 e. The van der Waals surface area contributed by atoms with Crippen molar-refractivity contribution in [1.82, 2.24) is 20.2 Å². The summed E-state index contributed by atoms with van der Waals surface area (Å²) in [6.45, 7) is 0.0995. The van der Waals surface area contributed by atoms with Crippen molar-refractivity contribution in [2.45, 2.75) is 25.8 Å². The summed E-state index contributed by atoms with van der Waals surface area (Å²) in [7, 11) is 0. The van der Waals surface area contributed by atoms with Crippen molar-refractivity contribution in [2.24, 2.45) is 0 Å².